The lowest BCUT2D eigenvalue weighted by Crippen LogP contribution is -2.45. The summed E-state index contributed by atoms with van der Waals surface area (Å²) in [4.78, 5) is 25.1. The fourth-order valence-electron chi connectivity index (χ4n) is 3.57. The van der Waals surface area contributed by atoms with Crippen LogP contribution in [-0.2, 0) is 16.1 Å². The van der Waals surface area contributed by atoms with Gasteiger partial charge in [-0.15, -0.1) is 0 Å². The molecule has 0 radical (unpaired) electrons. The summed E-state index contributed by atoms with van der Waals surface area (Å²) in [6.07, 6.45) is 0. The van der Waals surface area contributed by atoms with Crippen molar-refractivity contribution in [2.45, 2.75) is 19.6 Å². The van der Waals surface area contributed by atoms with Crippen molar-refractivity contribution in [3.05, 3.63) is 89.1 Å². The maximum absolute atomic E-state index is 13.0. The molecule has 0 fully saturated rings. The normalized spacial score (nSPS) is 16.3. The van der Waals surface area contributed by atoms with Gasteiger partial charge in [-0.05, 0) is 29.3 Å². The summed E-state index contributed by atoms with van der Waals surface area (Å²) in [6, 6.07) is 18.9. The molecule has 2 amide bonds. The third kappa shape index (κ3) is 3.65. The van der Waals surface area contributed by atoms with Gasteiger partial charge in [0.2, 0.25) is 0 Å². The number of benzene rings is 3. The molecule has 0 saturated carbocycles. The van der Waals surface area contributed by atoms with Crippen LogP contribution in [0.2, 0.25) is 0 Å². The third-order valence-electron chi connectivity index (χ3n) is 4.94. The molecule has 1 aliphatic heterocycles. The molecule has 0 saturated heterocycles. The lowest BCUT2D eigenvalue weighted by atomic mass is 9.90. The zero-order valence-corrected chi connectivity index (χ0v) is 15.8. The molecule has 3 N–H and O–H groups in total. The predicted molar refractivity (Wildman–Crippen MR) is 109 cm³/mol. The van der Waals surface area contributed by atoms with Crippen LogP contribution in [0.3, 0.4) is 0 Å². The largest absolute Gasteiger partial charge is 0.508 e. The first kappa shape index (κ1) is 18.6. The molecular formula is C23H20N2O4. The molecule has 0 spiro atoms. The van der Waals surface area contributed by atoms with E-state index in [1.165, 1.54) is 0 Å². The number of nitrogens with one attached hydrogen (secondary N) is 2. The summed E-state index contributed by atoms with van der Waals surface area (Å²) >= 11 is 0. The Bertz CT molecular complexity index is 1120. The van der Waals surface area contributed by atoms with Crippen molar-refractivity contribution in [2.24, 2.45) is 0 Å². The first-order valence-electron chi connectivity index (χ1n) is 9.24. The van der Waals surface area contributed by atoms with E-state index in [-0.39, 0.29) is 17.9 Å². The van der Waals surface area contributed by atoms with Crippen molar-refractivity contribution in [3.63, 3.8) is 0 Å². The lowest BCUT2D eigenvalue weighted by molar-refractivity contribution is -0.140. The van der Waals surface area contributed by atoms with E-state index in [0.29, 0.717) is 11.3 Å². The average Bonchev–Trinajstić information content (AvgIpc) is 2.72. The molecule has 1 heterocycles. The van der Waals surface area contributed by atoms with Crippen LogP contribution in [0.1, 0.15) is 24.1 Å². The molecule has 1 atom stereocenters. The number of esters is 1. The SMILES string of the molecule is CC1=C(C(=O)OCc2ccccc2)[C@H](c2c(O)ccc3ccccc23)NC(=O)N1. The van der Waals surface area contributed by atoms with Crippen LogP contribution >= 0.6 is 0 Å². The predicted octanol–water partition coefficient (Wildman–Crippen LogP) is 3.92. The van der Waals surface area contributed by atoms with Gasteiger partial charge in [-0.1, -0.05) is 60.7 Å². The molecule has 1 aliphatic rings. The number of amides is 2. The van der Waals surface area contributed by atoms with Gasteiger partial charge < -0.3 is 20.5 Å². The number of phenols is 1. The number of hydrogen-bond donors (Lipinski definition) is 3. The van der Waals surface area contributed by atoms with Gasteiger partial charge >= 0.3 is 12.0 Å². The number of rotatable bonds is 4. The Balaban J connectivity index is 1.74. The van der Waals surface area contributed by atoms with Crippen LogP contribution in [0.5, 0.6) is 5.75 Å². The fraction of sp³-hybridized carbons (Fsp3) is 0.130. The van der Waals surface area contributed by atoms with Crippen LogP contribution in [0.4, 0.5) is 4.79 Å². The van der Waals surface area contributed by atoms with Gasteiger partial charge in [-0.25, -0.2) is 9.59 Å². The van der Waals surface area contributed by atoms with E-state index < -0.39 is 18.0 Å². The van der Waals surface area contributed by atoms with Gasteiger partial charge in [0, 0.05) is 11.3 Å². The van der Waals surface area contributed by atoms with E-state index in [4.69, 9.17) is 4.74 Å². The number of fused-ring (bicyclic) bond motifs is 1. The molecule has 4 rings (SSSR count). The molecule has 146 valence electrons. The van der Waals surface area contributed by atoms with Gasteiger partial charge in [0.1, 0.15) is 12.4 Å². The van der Waals surface area contributed by atoms with Crippen molar-refractivity contribution in [1.29, 1.82) is 0 Å². The number of phenolic OH excluding ortho intramolecular Hbond substituents is 1. The first-order chi connectivity index (χ1) is 14.0. The second-order valence-corrected chi connectivity index (χ2v) is 6.85. The van der Waals surface area contributed by atoms with E-state index >= 15 is 0 Å². The van der Waals surface area contributed by atoms with Crippen LogP contribution in [0.15, 0.2) is 78.0 Å². The third-order valence-corrected chi connectivity index (χ3v) is 4.94. The molecule has 0 aliphatic carbocycles. The summed E-state index contributed by atoms with van der Waals surface area (Å²) in [6.45, 7) is 1.76. The topological polar surface area (TPSA) is 87.7 Å². The van der Waals surface area contributed by atoms with Crippen LogP contribution < -0.4 is 10.6 Å². The maximum atomic E-state index is 13.0. The highest BCUT2D eigenvalue weighted by Gasteiger charge is 2.34. The monoisotopic (exact) mass is 388 g/mol. The zero-order chi connectivity index (χ0) is 20.4. The van der Waals surface area contributed by atoms with Gasteiger partial charge in [0.25, 0.3) is 0 Å². The molecule has 3 aromatic rings. The van der Waals surface area contributed by atoms with E-state index in [0.717, 1.165) is 16.3 Å². The minimum Gasteiger partial charge on any atom is -0.508 e. The molecule has 29 heavy (non-hydrogen) atoms. The Morgan fingerprint density at radius 2 is 1.76 bits per heavy atom. The van der Waals surface area contributed by atoms with Crippen molar-refractivity contribution >= 4 is 22.8 Å². The Hall–Kier alpha value is -3.80. The van der Waals surface area contributed by atoms with E-state index in [1.54, 1.807) is 19.1 Å². The minimum atomic E-state index is -0.835. The maximum Gasteiger partial charge on any atom is 0.338 e. The van der Waals surface area contributed by atoms with Gasteiger partial charge in [0.15, 0.2) is 0 Å². The molecule has 0 aromatic heterocycles. The van der Waals surface area contributed by atoms with E-state index in [1.807, 2.05) is 54.6 Å². The number of allylic oxidation sites excluding steroid dienone is 1. The molecule has 6 nitrogen and oxygen atoms in total. The van der Waals surface area contributed by atoms with Crippen molar-refractivity contribution in [3.8, 4) is 5.75 Å². The molecule has 0 unspecified atom stereocenters. The Morgan fingerprint density at radius 1 is 1.03 bits per heavy atom. The highest BCUT2D eigenvalue weighted by atomic mass is 16.5. The minimum absolute atomic E-state index is 0.00272. The van der Waals surface area contributed by atoms with Gasteiger partial charge in [0.05, 0.1) is 11.6 Å². The smallest absolute Gasteiger partial charge is 0.338 e. The summed E-state index contributed by atoms with van der Waals surface area (Å²) in [5.41, 5.74) is 1.97. The summed E-state index contributed by atoms with van der Waals surface area (Å²) in [5, 5.41) is 17.6. The Morgan fingerprint density at radius 3 is 2.55 bits per heavy atom. The number of ether oxygens (including phenoxy) is 1. The molecular weight excluding hydrogens is 368 g/mol. The van der Waals surface area contributed by atoms with Crippen LogP contribution in [0.25, 0.3) is 10.8 Å². The summed E-state index contributed by atoms with van der Waals surface area (Å²) in [7, 11) is 0. The van der Waals surface area contributed by atoms with Gasteiger partial charge in [-0.2, -0.15) is 0 Å². The van der Waals surface area contributed by atoms with E-state index in [2.05, 4.69) is 10.6 Å². The molecule has 3 aromatic carbocycles. The number of hydrogen-bond acceptors (Lipinski definition) is 4. The number of carbonyl (C=O) groups is 2. The standard InChI is InChI=1S/C23H20N2O4/c1-14-19(22(27)29-13-15-7-3-2-4-8-15)21(25-23(28)24-14)20-17-10-6-5-9-16(17)11-12-18(20)26/h2-12,21,26H,13H2,1H3,(H2,24,25,28)/t21-/m1/s1. The molecule has 0 bridgehead atoms. The number of carbonyl (C=O) groups excluding carboxylic acids is 2. The second kappa shape index (κ2) is 7.67. The zero-order valence-electron chi connectivity index (χ0n) is 15.8. The van der Waals surface area contributed by atoms with Crippen molar-refractivity contribution < 1.29 is 19.4 Å². The summed E-state index contributed by atoms with van der Waals surface area (Å²) < 4.78 is 5.51. The highest BCUT2D eigenvalue weighted by Crippen LogP contribution is 2.38. The Kier molecular flexibility index (Phi) is 4.91. The van der Waals surface area contributed by atoms with E-state index in [9.17, 15) is 14.7 Å². The summed E-state index contributed by atoms with van der Waals surface area (Å²) in [5.74, 6) is -0.562. The van der Waals surface area contributed by atoms with Gasteiger partial charge in [-0.3, -0.25) is 0 Å². The second-order valence-electron chi connectivity index (χ2n) is 6.85. The number of urea groups is 1. The fourth-order valence-corrected chi connectivity index (χ4v) is 3.57. The first-order valence-corrected chi connectivity index (χ1v) is 9.24. The average molecular weight is 388 g/mol. The van der Waals surface area contributed by atoms with Crippen LogP contribution in [0, 0.1) is 0 Å². The quantitative estimate of drug-likeness (QED) is 0.591. The van der Waals surface area contributed by atoms with Crippen molar-refractivity contribution in [2.75, 3.05) is 0 Å². The lowest BCUT2D eigenvalue weighted by Gasteiger charge is -2.29. The number of aromatic hydroxyl groups is 1. The highest BCUT2D eigenvalue weighted by molar-refractivity contribution is 5.98. The Labute approximate surface area is 167 Å². The van der Waals surface area contributed by atoms with Crippen LogP contribution in [-0.4, -0.2) is 17.1 Å². The molecule has 6 heteroatoms. The van der Waals surface area contributed by atoms with Crippen molar-refractivity contribution in [1.82, 2.24) is 10.6 Å².